The minimum Gasteiger partial charge on any atom is -0.450 e. The average molecular weight is 425 g/mol. The van der Waals surface area contributed by atoms with Gasteiger partial charge in [0.1, 0.15) is 11.3 Å². The Balaban J connectivity index is 2.22. The van der Waals surface area contributed by atoms with Crippen molar-refractivity contribution in [1.82, 2.24) is 0 Å². The average Bonchev–Trinajstić information content (AvgIpc) is 2.61. The summed E-state index contributed by atoms with van der Waals surface area (Å²) in [6, 6.07) is 9.10. The second-order valence-corrected chi connectivity index (χ2v) is 7.87. The number of fused-ring (bicyclic) bond motifs is 1. The second kappa shape index (κ2) is 7.22. The van der Waals surface area contributed by atoms with Crippen LogP contribution in [0.25, 0.3) is 22.1 Å². The fourth-order valence-corrected chi connectivity index (χ4v) is 2.70. The molecule has 0 amide bonds. The molecule has 0 unspecified atom stereocenters. The molecule has 8 heteroatoms. The molecule has 0 aliphatic rings. The first kappa shape index (κ1) is 20.9. The number of benzene rings is 2. The van der Waals surface area contributed by atoms with E-state index in [1.807, 2.05) is 0 Å². The van der Waals surface area contributed by atoms with Crippen molar-refractivity contribution in [3.8, 4) is 16.9 Å². The van der Waals surface area contributed by atoms with E-state index >= 15 is 0 Å². The molecule has 4 nitrogen and oxygen atoms in total. The van der Waals surface area contributed by atoms with Gasteiger partial charge in [-0.1, -0.05) is 23.7 Å². The lowest BCUT2D eigenvalue weighted by molar-refractivity contribution is -0.152. The predicted octanol–water partition coefficient (Wildman–Crippen LogP) is 6.08. The molecule has 0 spiro atoms. The van der Waals surface area contributed by atoms with Crippen LogP contribution in [0.15, 0.2) is 51.7 Å². The zero-order valence-electron chi connectivity index (χ0n) is 15.7. The van der Waals surface area contributed by atoms with E-state index in [0.717, 1.165) is 6.07 Å². The number of hydrogen-bond donors (Lipinski definition) is 0. The number of carbonyl (C=O) groups is 1. The van der Waals surface area contributed by atoms with Crippen LogP contribution in [-0.2, 0) is 11.0 Å². The predicted molar refractivity (Wildman–Crippen MR) is 103 cm³/mol. The summed E-state index contributed by atoms with van der Waals surface area (Å²) in [6.07, 6.45) is -4.92. The SMILES string of the molecule is CC(C)(C)C(=O)Oc1ccc2c(=O)c(-c3ccc(Cl)cc3)c(C(F)(F)F)oc2c1. The third kappa shape index (κ3) is 4.29. The smallest absolute Gasteiger partial charge is 0.450 e. The minimum atomic E-state index is -4.92. The van der Waals surface area contributed by atoms with Gasteiger partial charge in [-0.15, -0.1) is 0 Å². The number of rotatable bonds is 2. The summed E-state index contributed by atoms with van der Waals surface area (Å²) >= 11 is 5.79. The van der Waals surface area contributed by atoms with Crippen molar-refractivity contribution in [2.24, 2.45) is 5.41 Å². The first-order valence-electron chi connectivity index (χ1n) is 8.54. The molecule has 3 rings (SSSR count). The van der Waals surface area contributed by atoms with Crippen LogP contribution in [0.5, 0.6) is 5.75 Å². The molecule has 0 radical (unpaired) electrons. The number of esters is 1. The maximum Gasteiger partial charge on any atom is 0.450 e. The van der Waals surface area contributed by atoms with Gasteiger partial charge < -0.3 is 9.15 Å². The highest BCUT2D eigenvalue weighted by Gasteiger charge is 2.39. The number of hydrogen-bond acceptors (Lipinski definition) is 4. The Kier molecular flexibility index (Phi) is 5.21. The molecule has 3 aromatic rings. The lowest BCUT2D eigenvalue weighted by Gasteiger charge is -2.17. The number of ether oxygens (including phenoxy) is 1. The molecule has 152 valence electrons. The van der Waals surface area contributed by atoms with Crippen molar-refractivity contribution in [1.29, 1.82) is 0 Å². The number of alkyl halides is 3. The van der Waals surface area contributed by atoms with Crippen molar-refractivity contribution in [3.63, 3.8) is 0 Å². The highest BCUT2D eigenvalue weighted by atomic mass is 35.5. The summed E-state index contributed by atoms with van der Waals surface area (Å²) in [5.41, 5.74) is -2.58. The van der Waals surface area contributed by atoms with Crippen molar-refractivity contribution in [2.75, 3.05) is 0 Å². The van der Waals surface area contributed by atoms with Gasteiger partial charge in [-0.25, -0.2) is 0 Å². The van der Waals surface area contributed by atoms with Gasteiger partial charge in [0.15, 0.2) is 0 Å². The largest absolute Gasteiger partial charge is 0.450 e. The third-order valence-corrected chi connectivity index (χ3v) is 4.33. The highest BCUT2D eigenvalue weighted by molar-refractivity contribution is 6.30. The van der Waals surface area contributed by atoms with E-state index in [1.54, 1.807) is 20.8 Å². The normalized spacial score (nSPS) is 12.2. The molecule has 0 atom stereocenters. The summed E-state index contributed by atoms with van der Waals surface area (Å²) in [6.45, 7) is 4.91. The molecule has 0 fully saturated rings. The zero-order valence-corrected chi connectivity index (χ0v) is 16.4. The van der Waals surface area contributed by atoms with E-state index in [2.05, 4.69) is 0 Å². The molecule has 0 saturated heterocycles. The quantitative estimate of drug-likeness (QED) is 0.369. The van der Waals surface area contributed by atoms with Crippen LogP contribution >= 0.6 is 11.6 Å². The molecule has 1 aromatic heterocycles. The van der Waals surface area contributed by atoms with E-state index in [1.165, 1.54) is 36.4 Å². The van der Waals surface area contributed by atoms with E-state index in [-0.39, 0.29) is 22.3 Å². The maximum absolute atomic E-state index is 13.6. The van der Waals surface area contributed by atoms with Crippen LogP contribution in [0.3, 0.4) is 0 Å². The molecule has 29 heavy (non-hydrogen) atoms. The molecular formula is C21H16ClF3O4. The second-order valence-electron chi connectivity index (χ2n) is 7.44. The van der Waals surface area contributed by atoms with Crippen LogP contribution < -0.4 is 10.2 Å². The minimum absolute atomic E-state index is 0.0204. The molecular weight excluding hydrogens is 409 g/mol. The van der Waals surface area contributed by atoms with Crippen LogP contribution in [0, 0.1) is 5.41 Å². The molecule has 0 saturated carbocycles. The van der Waals surface area contributed by atoms with E-state index in [4.69, 9.17) is 20.8 Å². The molecule has 0 N–H and O–H groups in total. The summed E-state index contributed by atoms with van der Waals surface area (Å²) in [5, 5.41) is 0.247. The first-order chi connectivity index (χ1) is 13.4. The van der Waals surface area contributed by atoms with Gasteiger partial charge >= 0.3 is 12.1 Å². The first-order valence-corrected chi connectivity index (χ1v) is 8.92. The summed E-state index contributed by atoms with van der Waals surface area (Å²) in [5.74, 6) is -2.03. The van der Waals surface area contributed by atoms with Gasteiger partial charge in [0.05, 0.1) is 16.4 Å². The standard InChI is InChI=1S/C21H16ClF3O4/c1-20(2,3)19(27)28-13-8-9-14-15(10-13)29-18(21(23,24)25)16(17(14)26)11-4-6-12(22)7-5-11/h4-10H,1-3H3. The molecule has 0 aliphatic carbocycles. The Bertz CT molecular complexity index is 1140. The number of carbonyl (C=O) groups excluding carboxylic acids is 1. The Labute approximate surface area is 168 Å². The summed E-state index contributed by atoms with van der Waals surface area (Å²) in [4.78, 5) is 24.9. The summed E-state index contributed by atoms with van der Waals surface area (Å²) < 4.78 is 51.2. The van der Waals surface area contributed by atoms with E-state index in [9.17, 15) is 22.8 Å². The lowest BCUT2D eigenvalue weighted by Crippen LogP contribution is -2.25. The fourth-order valence-electron chi connectivity index (χ4n) is 2.58. The summed E-state index contributed by atoms with van der Waals surface area (Å²) in [7, 11) is 0. The molecule has 0 bridgehead atoms. The lowest BCUT2D eigenvalue weighted by atomic mass is 9.97. The van der Waals surface area contributed by atoms with Crippen LogP contribution in [0.2, 0.25) is 5.02 Å². The monoisotopic (exact) mass is 424 g/mol. The number of halogens is 4. The van der Waals surface area contributed by atoms with Crippen LogP contribution in [0.4, 0.5) is 13.2 Å². The zero-order chi connectivity index (χ0) is 21.6. The van der Waals surface area contributed by atoms with Gasteiger partial charge in [0.25, 0.3) is 0 Å². The van der Waals surface area contributed by atoms with Gasteiger partial charge in [-0.05, 0) is 50.6 Å². The van der Waals surface area contributed by atoms with Crippen molar-refractivity contribution in [2.45, 2.75) is 26.9 Å². The van der Waals surface area contributed by atoms with Crippen LogP contribution in [0.1, 0.15) is 26.5 Å². The molecule has 1 heterocycles. The van der Waals surface area contributed by atoms with Gasteiger partial charge in [-0.2, -0.15) is 13.2 Å². The Hall–Kier alpha value is -2.80. The fraction of sp³-hybridized carbons (Fsp3) is 0.238. The third-order valence-electron chi connectivity index (χ3n) is 4.08. The topological polar surface area (TPSA) is 56.5 Å². The van der Waals surface area contributed by atoms with Gasteiger partial charge in [0.2, 0.25) is 11.2 Å². The molecule has 2 aromatic carbocycles. The Morgan fingerprint density at radius 2 is 1.66 bits per heavy atom. The van der Waals surface area contributed by atoms with E-state index in [0.29, 0.717) is 5.02 Å². The highest BCUT2D eigenvalue weighted by Crippen LogP contribution is 2.38. The van der Waals surface area contributed by atoms with Crippen molar-refractivity contribution in [3.05, 3.63) is 63.5 Å². The van der Waals surface area contributed by atoms with Crippen LogP contribution in [-0.4, -0.2) is 5.97 Å². The van der Waals surface area contributed by atoms with E-state index < -0.39 is 34.3 Å². The van der Waals surface area contributed by atoms with Crippen molar-refractivity contribution < 1.29 is 27.1 Å². The molecule has 0 aliphatic heterocycles. The Morgan fingerprint density at radius 1 is 1.03 bits per heavy atom. The van der Waals surface area contributed by atoms with Gasteiger partial charge in [-0.3, -0.25) is 9.59 Å². The van der Waals surface area contributed by atoms with Gasteiger partial charge in [0, 0.05) is 11.1 Å². The Morgan fingerprint density at radius 3 is 2.21 bits per heavy atom. The van der Waals surface area contributed by atoms with Crippen molar-refractivity contribution >= 4 is 28.5 Å². The maximum atomic E-state index is 13.6.